The molecule has 95 heavy (non-hydrogen) atoms. The summed E-state index contributed by atoms with van der Waals surface area (Å²) in [6, 6.07) is 80.4. The van der Waals surface area contributed by atoms with E-state index in [0.717, 1.165) is 82.0 Å². The molecule has 10 aromatic carbocycles. The van der Waals surface area contributed by atoms with Crippen molar-refractivity contribution in [1.29, 1.82) is 1.28 Å². The number of halogens is 2. The fourth-order valence-corrected chi connectivity index (χ4v) is 48.9. The number of allylic oxidation sites excluding steroid dienone is 1. The van der Waals surface area contributed by atoms with Gasteiger partial charge in [-0.05, 0) is 216 Å². The van der Waals surface area contributed by atoms with Crippen LogP contribution in [0.3, 0.4) is 0 Å². The van der Waals surface area contributed by atoms with E-state index in [1.165, 1.54) is 81.7 Å². The average molecular weight is 1730 g/mol. The van der Waals surface area contributed by atoms with E-state index in [4.69, 9.17) is 34.2 Å². The van der Waals surface area contributed by atoms with Gasteiger partial charge in [-0.15, -0.1) is 24.4 Å². The second-order valence-electron chi connectivity index (χ2n) is 25.1. The molecule has 503 valence electrons. The third kappa shape index (κ3) is 24.6. The number of fused-ring (bicyclic) bond motifs is 5. The first-order chi connectivity index (χ1) is 46.2. The third-order valence-corrected chi connectivity index (χ3v) is 48.5. The maximum atomic E-state index is 7.78. The third-order valence-electron chi connectivity index (χ3n) is 17.3. The fraction of sp³-hybridized carbons (Fsp3) is 0.288. The van der Waals surface area contributed by atoms with Gasteiger partial charge in [0.05, 0.1) is 1.28 Å². The van der Waals surface area contributed by atoms with Crippen LogP contribution in [0.15, 0.2) is 225 Å². The van der Waals surface area contributed by atoms with E-state index < -0.39 is 79.3 Å². The number of aryl methyl sites for hydroxylation is 4. The molecule has 2 aliphatic heterocycles. The molecule has 0 radical (unpaired) electrons. The summed E-state index contributed by atoms with van der Waals surface area (Å²) in [5.74, 6) is 0. The molecule has 2 aliphatic rings. The summed E-state index contributed by atoms with van der Waals surface area (Å²) in [6.07, 6.45) is 10.8. The molecule has 0 N–H and O–H groups in total. The Bertz CT molecular complexity index is 3600. The van der Waals surface area contributed by atoms with Crippen LogP contribution in [0, 0.1) is 0 Å². The van der Waals surface area contributed by atoms with Crippen LogP contribution in [-0.2, 0) is 74.5 Å². The van der Waals surface area contributed by atoms with Crippen molar-refractivity contribution in [1.82, 2.24) is 0 Å². The zero-order valence-corrected chi connectivity index (χ0v) is 74.1. The van der Waals surface area contributed by atoms with Gasteiger partial charge in [0.25, 0.3) is 37.1 Å². The first-order valence-corrected chi connectivity index (χ1v) is 64.9. The molecule has 12 rings (SSSR count). The van der Waals surface area contributed by atoms with Crippen molar-refractivity contribution in [3.05, 3.63) is 253 Å². The standard InChI is InChI=1S/C56H64O4Si4.C13H12.C4H16O4Si4.2HI.H5P3.V/c1-61(41-17-33-49-29-13-25-45-21-5-9-37-53(45)49)57-62(2,42-18-34-50-30-14-26-46-22-6-10-38-54(46)50)59-64(4,44-20-36-52-32-16-28-48-24-8-12-40-56(48)52)60-63(3,58-61)43-19-35-51-31-15-27-47-23-7-11-39-55(47)51;1-2-6-11-8-5-9-12-7-3-4-10-13(11)12;1-9-5-10(2)7-12(4)8-11(3)6-9;;;1-3-2;/h5-16,21-32,37-40H,17-20,33-36,41-44H2,1-4H3;2-5,7-10H,1,6H2;9-12H,1-4H3;2*1H;3H,1-2H2;/q;;;;;;+2/p-2/i;;;;;3T;. The molecule has 22 heteroatoms. The number of hydrogen-bond acceptors (Lipinski definition) is 8. The molecule has 0 amide bonds. The molecule has 0 aromatic heterocycles. The number of rotatable bonds is 18. The first kappa shape index (κ1) is 77.2. The minimum atomic E-state index is -2.84. The number of benzene rings is 10. The zero-order chi connectivity index (χ0) is 68.6. The van der Waals surface area contributed by atoms with E-state index in [0.29, 0.717) is 9.47 Å². The van der Waals surface area contributed by atoms with Crippen LogP contribution < -0.4 is 0 Å². The fourth-order valence-electron chi connectivity index (χ4n) is 13.6. The van der Waals surface area contributed by atoms with Gasteiger partial charge in [-0.25, -0.2) is 0 Å². The average Bonchev–Trinajstić information content (AvgIpc) is 0.768. The molecule has 0 spiro atoms. The Labute approximate surface area is 615 Å². The van der Waals surface area contributed by atoms with Crippen LogP contribution in [-0.4, -0.2) is 72.7 Å². The van der Waals surface area contributed by atoms with Crippen LogP contribution in [0.5, 0.6) is 0 Å². The van der Waals surface area contributed by atoms with E-state index >= 15 is 0 Å². The Kier molecular flexibility index (Phi) is 32.5. The van der Waals surface area contributed by atoms with Gasteiger partial charge in [0, 0.05) is 0 Å². The van der Waals surface area contributed by atoms with Crippen LogP contribution in [0.25, 0.3) is 53.9 Å². The van der Waals surface area contributed by atoms with E-state index in [9.17, 15) is 0 Å². The predicted octanol–water partition coefficient (Wildman–Crippen LogP) is 21.5. The molecule has 0 saturated carbocycles. The van der Waals surface area contributed by atoms with Gasteiger partial charge in [-0.3, -0.25) is 0 Å². The topological polar surface area (TPSA) is 73.8 Å². The van der Waals surface area contributed by atoms with Gasteiger partial charge in [0.15, 0.2) is 0 Å². The van der Waals surface area contributed by atoms with Crippen molar-refractivity contribution in [3.63, 3.8) is 0 Å². The Morgan fingerprint density at radius 3 is 0.789 bits per heavy atom. The molecule has 10 aromatic rings. The molecule has 2 unspecified atom stereocenters. The van der Waals surface area contributed by atoms with Crippen molar-refractivity contribution in [2.45, 2.75) is 134 Å². The second kappa shape index (κ2) is 40.0. The van der Waals surface area contributed by atoms with Gasteiger partial charge in [0.1, 0.15) is 0 Å². The maximum absolute atomic E-state index is 7.78. The van der Waals surface area contributed by atoms with E-state index in [-0.39, 0.29) is 0 Å². The molecule has 8 nitrogen and oxygen atoms in total. The van der Waals surface area contributed by atoms with Gasteiger partial charge in [0.2, 0.25) is 0 Å². The molecule has 2 heterocycles. The van der Waals surface area contributed by atoms with Crippen molar-refractivity contribution < 1.29 is 42.4 Å². The summed E-state index contributed by atoms with van der Waals surface area (Å²) in [5, 5.41) is 13.2. The SMILES string of the molecule is C=CCc1cccc2ccccc12.C[SiH]1O[SiH](C)O[SiH](C)O[SiH](C)O1.C[Si]1(CCCc2cccc3ccccc23)O[Si](C)(CCCc2cccc3ccccc23)O[Si](C)(CCCc2cccc3ccccc23)O[Si](C)(CCCc2cccc3ccccc23)O1.[3H]P(P)P.[I][V][I]. The molecular weight excluding hydrogens is 1630 g/mol. The molecule has 2 fully saturated rings. The monoisotopic (exact) mass is 1730 g/mol. The minimum absolute atomic E-state index is 0.537. The normalized spacial score (nSPS) is 23.0. The molecule has 0 bridgehead atoms. The Balaban J connectivity index is 0.000000299. The van der Waals surface area contributed by atoms with Gasteiger partial charge >= 0.3 is 83.7 Å². The summed E-state index contributed by atoms with van der Waals surface area (Å²) in [4.78, 5) is 0. The van der Waals surface area contributed by atoms with Crippen molar-refractivity contribution in [2.24, 2.45) is 0 Å². The summed E-state index contributed by atoms with van der Waals surface area (Å²) in [7, 11) is -12.2. The summed E-state index contributed by atoms with van der Waals surface area (Å²) < 4.78 is 60.3. The van der Waals surface area contributed by atoms with Crippen LogP contribution in [0.4, 0.5) is 0 Å². The second-order valence-corrected chi connectivity index (χ2v) is 64.0. The molecular formula is C73H97I2O8P3Si8V. The van der Waals surface area contributed by atoms with Gasteiger partial charge in [-0.2, -0.15) is 0 Å². The van der Waals surface area contributed by atoms with Crippen LogP contribution >= 0.6 is 65.7 Å². The summed E-state index contributed by atoms with van der Waals surface area (Å²) in [6.45, 7) is 21.3. The summed E-state index contributed by atoms with van der Waals surface area (Å²) >= 11 is 4.74. The Morgan fingerprint density at radius 1 is 0.379 bits per heavy atom. The molecule has 2 saturated heterocycles. The van der Waals surface area contributed by atoms with Crippen LogP contribution in [0.1, 0.15) is 53.5 Å². The van der Waals surface area contributed by atoms with Gasteiger partial charge < -0.3 is 32.9 Å². The Morgan fingerprint density at radius 2 is 0.568 bits per heavy atom. The van der Waals surface area contributed by atoms with E-state index in [2.05, 4.69) is 303 Å². The molecule has 0 aliphatic carbocycles. The van der Waals surface area contributed by atoms with Crippen molar-refractivity contribution in [3.8, 4) is 0 Å². The predicted molar refractivity (Wildman–Crippen MR) is 449 cm³/mol. The molecule has 2 atom stereocenters. The zero-order valence-electron chi connectivity index (χ0n) is 57.6. The quantitative estimate of drug-likeness (QED) is 0.0364. The van der Waals surface area contributed by atoms with E-state index in [1.54, 1.807) is 0 Å². The number of hydrogen-bond donors (Lipinski definition) is 0. The van der Waals surface area contributed by atoms with E-state index in [1.807, 2.05) is 32.3 Å². The first-order valence-electron chi connectivity index (χ1n) is 33.7. The summed E-state index contributed by atoms with van der Waals surface area (Å²) in [5.41, 5.74) is 6.93. The van der Waals surface area contributed by atoms with Gasteiger partial charge in [-0.1, -0.05) is 226 Å². The van der Waals surface area contributed by atoms with Crippen LogP contribution in [0.2, 0.25) is 76.6 Å². The van der Waals surface area contributed by atoms with Crippen molar-refractivity contribution >= 4 is 191 Å². The Hall–Kier alpha value is -2.01. The van der Waals surface area contributed by atoms with Crippen molar-refractivity contribution in [2.75, 3.05) is 0 Å².